The van der Waals surface area contributed by atoms with Crippen molar-refractivity contribution in [3.05, 3.63) is 45.6 Å². The monoisotopic (exact) mass is 417 g/mol. The van der Waals surface area contributed by atoms with Crippen LogP contribution in [0, 0.1) is 0 Å². The number of fused-ring (bicyclic) bond motifs is 1. The molecule has 1 saturated carbocycles. The van der Waals surface area contributed by atoms with E-state index in [0.29, 0.717) is 35.4 Å². The second kappa shape index (κ2) is 6.92. The molecule has 10 nitrogen and oxygen atoms in total. The molecule has 0 spiro atoms. The number of aromatic nitrogens is 5. The molecule has 0 radical (unpaired) electrons. The summed E-state index contributed by atoms with van der Waals surface area (Å²) in [6, 6.07) is 3.02. The zero-order valence-corrected chi connectivity index (χ0v) is 17.3. The number of nitrogens with zero attached hydrogens (tertiary/aromatic N) is 5. The molecule has 3 heterocycles. The van der Waals surface area contributed by atoms with Gasteiger partial charge in [0, 0.05) is 30.3 Å². The van der Waals surface area contributed by atoms with E-state index in [0.717, 1.165) is 18.4 Å². The number of sulfonamides is 1. The maximum atomic E-state index is 12.9. The fourth-order valence-corrected chi connectivity index (χ4v) is 3.70. The Morgan fingerprint density at radius 3 is 2.59 bits per heavy atom. The highest BCUT2D eigenvalue weighted by Crippen LogP contribution is 2.38. The van der Waals surface area contributed by atoms with Crippen LogP contribution in [0.4, 0.5) is 5.82 Å². The Labute approximate surface area is 167 Å². The van der Waals surface area contributed by atoms with Crippen molar-refractivity contribution in [2.75, 3.05) is 12.4 Å². The van der Waals surface area contributed by atoms with Crippen molar-refractivity contribution in [2.24, 2.45) is 5.14 Å². The lowest BCUT2D eigenvalue weighted by Gasteiger charge is -2.14. The molecule has 3 N–H and O–H groups in total. The average molecular weight is 417 g/mol. The van der Waals surface area contributed by atoms with Crippen molar-refractivity contribution in [2.45, 2.75) is 50.1 Å². The molecule has 0 aliphatic heterocycles. The lowest BCUT2D eigenvalue weighted by molar-refractivity contribution is 0.594. The molecule has 0 saturated heterocycles. The number of hydrogen-bond donors (Lipinski definition) is 2. The highest BCUT2D eigenvalue weighted by molar-refractivity contribution is 7.89. The average Bonchev–Trinajstić information content (AvgIpc) is 3.41. The minimum absolute atomic E-state index is 0.0124. The molecule has 0 amide bonds. The highest BCUT2D eigenvalue weighted by Gasteiger charge is 2.29. The van der Waals surface area contributed by atoms with Crippen molar-refractivity contribution >= 4 is 21.6 Å². The summed E-state index contributed by atoms with van der Waals surface area (Å²) < 4.78 is 26.4. The highest BCUT2D eigenvalue weighted by atomic mass is 32.2. The van der Waals surface area contributed by atoms with Crippen LogP contribution in [0.3, 0.4) is 0 Å². The van der Waals surface area contributed by atoms with E-state index in [1.54, 1.807) is 19.3 Å². The van der Waals surface area contributed by atoms with Gasteiger partial charge in [0.2, 0.25) is 5.78 Å². The summed E-state index contributed by atoms with van der Waals surface area (Å²) in [5.74, 6) is 1.86. The number of rotatable bonds is 6. The number of nitrogens with one attached hydrogen (secondary N) is 1. The predicted octanol–water partition coefficient (Wildman–Crippen LogP) is 1.02. The summed E-state index contributed by atoms with van der Waals surface area (Å²) in [6.07, 6.45) is 3.86. The Kier molecular flexibility index (Phi) is 4.66. The van der Waals surface area contributed by atoms with Gasteiger partial charge in [-0.2, -0.15) is 9.50 Å². The first-order valence-electron chi connectivity index (χ1n) is 9.39. The molecule has 0 aromatic carbocycles. The first kappa shape index (κ1) is 19.5. The zero-order valence-electron chi connectivity index (χ0n) is 16.5. The number of primary sulfonamides is 1. The Morgan fingerprint density at radius 1 is 1.28 bits per heavy atom. The Balaban J connectivity index is 1.85. The van der Waals surface area contributed by atoms with E-state index in [-0.39, 0.29) is 16.5 Å². The van der Waals surface area contributed by atoms with Crippen LogP contribution in [-0.2, 0) is 16.6 Å². The molecular formula is C18H23N7O3S. The van der Waals surface area contributed by atoms with Gasteiger partial charge in [-0.05, 0) is 24.8 Å². The maximum Gasteiger partial charge on any atom is 0.279 e. The van der Waals surface area contributed by atoms with E-state index < -0.39 is 10.0 Å². The summed E-state index contributed by atoms with van der Waals surface area (Å²) >= 11 is 0. The molecule has 1 aliphatic carbocycles. The van der Waals surface area contributed by atoms with E-state index in [4.69, 9.17) is 5.14 Å². The molecule has 4 rings (SSSR count). The van der Waals surface area contributed by atoms with Crippen LogP contribution >= 0.6 is 0 Å². The number of pyridine rings is 1. The molecule has 0 unspecified atom stereocenters. The Hall–Kier alpha value is -2.79. The van der Waals surface area contributed by atoms with Gasteiger partial charge >= 0.3 is 0 Å². The van der Waals surface area contributed by atoms with Crippen LogP contribution in [0.2, 0.25) is 0 Å². The second-order valence-corrected chi connectivity index (χ2v) is 9.09. The van der Waals surface area contributed by atoms with Crippen molar-refractivity contribution in [1.29, 1.82) is 0 Å². The van der Waals surface area contributed by atoms with E-state index in [1.165, 1.54) is 10.6 Å². The molecule has 3 aromatic rings. The summed E-state index contributed by atoms with van der Waals surface area (Å²) in [7, 11) is -2.25. The third-order valence-electron chi connectivity index (χ3n) is 4.98. The van der Waals surface area contributed by atoms with E-state index >= 15 is 0 Å². The zero-order chi connectivity index (χ0) is 20.9. The number of nitrogens with two attached hydrogens (primary N) is 1. The van der Waals surface area contributed by atoms with Gasteiger partial charge in [-0.25, -0.2) is 18.5 Å². The van der Waals surface area contributed by atoms with Crippen LogP contribution < -0.4 is 16.0 Å². The van der Waals surface area contributed by atoms with Gasteiger partial charge in [0.25, 0.3) is 15.6 Å². The van der Waals surface area contributed by atoms with Gasteiger partial charge in [-0.1, -0.05) is 19.9 Å². The standard InChI is InChI=1S/C18H23N7O3S/c1-10(2)13-9-24(18-22-16(11-4-5-11)23-25(18)17(13)26)8-12-6-7-14(29(19,27)28)21-15(12)20-3/h6-7,9-11H,4-5,8H2,1-3H3,(H,20,21)(H2,19,27,28). The van der Waals surface area contributed by atoms with Crippen LogP contribution in [0.15, 0.2) is 28.2 Å². The fourth-order valence-electron chi connectivity index (χ4n) is 3.23. The Bertz CT molecular complexity index is 1260. The molecule has 29 heavy (non-hydrogen) atoms. The molecule has 0 atom stereocenters. The molecule has 0 bridgehead atoms. The van der Waals surface area contributed by atoms with Crippen molar-refractivity contribution in [3.63, 3.8) is 0 Å². The maximum absolute atomic E-state index is 12.9. The minimum Gasteiger partial charge on any atom is -0.373 e. The summed E-state index contributed by atoms with van der Waals surface area (Å²) in [6.45, 7) is 4.24. The lowest BCUT2D eigenvalue weighted by Crippen LogP contribution is -2.24. The van der Waals surface area contributed by atoms with Gasteiger partial charge in [-0.3, -0.25) is 4.79 Å². The van der Waals surface area contributed by atoms with Gasteiger partial charge in [0.15, 0.2) is 10.9 Å². The van der Waals surface area contributed by atoms with Crippen LogP contribution in [0.25, 0.3) is 5.78 Å². The van der Waals surface area contributed by atoms with E-state index in [1.807, 2.05) is 18.4 Å². The summed E-state index contributed by atoms with van der Waals surface area (Å²) in [4.78, 5) is 21.6. The lowest BCUT2D eigenvalue weighted by atomic mass is 10.1. The van der Waals surface area contributed by atoms with Crippen LogP contribution in [0.1, 0.15) is 55.5 Å². The van der Waals surface area contributed by atoms with Gasteiger partial charge in [0.05, 0.1) is 6.54 Å². The first-order chi connectivity index (χ1) is 13.7. The quantitative estimate of drug-likeness (QED) is 0.611. The third-order valence-corrected chi connectivity index (χ3v) is 5.79. The van der Waals surface area contributed by atoms with Crippen molar-refractivity contribution in [1.82, 2.24) is 24.1 Å². The van der Waals surface area contributed by atoms with Crippen LogP contribution in [-0.4, -0.2) is 39.6 Å². The smallest absolute Gasteiger partial charge is 0.279 e. The number of anilines is 1. The van der Waals surface area contributed by atoms with E-state index in [9.17, 15) is 13.2 Å². The molecular weight excluding hydrogens is 394 g/mol. The van der Waals surface area contributed by atoms with Crippen LogP contribution in [0.5, 0.6) is 0 Å². The molecule has 154 valence electrons. The van der Waals surface area contributed by atoms with Gasteiger partial charge in [-0.15, -0.1) is 5.10 Å². The van der Waals surface area contributed by atoms with E-state index in [2.05, 4.69) is 20.4 Å². The molecule has 1 fully saturated rings. The summed E-state index contributed by atoms with van der Waals surface area (Å²) in [5, 5.41) is 12.3. The fraction of sp³-hybridized carbons (Fsp3) is 0.444. The SMILES string of the molecule is CNc1nc(S(N)(=O)=O)ccc1Cn1cc(C(C)C)c(=O)n2nc(C3CC3)nc12. The number of hydrogen-bond acceptors (Lipinski definition) is 7. The Morgan fingerprint density at radius 2 is 2.00 bits per heavy atom. The largest absolute Gasteiger partial charge is 0.373 e. The molecule has 3 aromatic heterocycles. The van der Waals surface area contributed by atoms with Crippen molar-refractivity contribution in [3.8, 4) is 0 Å². The topological polar surface area (TPSA) is 137 Å². The summed E-state index contributed by atoms with van der Waals surface area (Å²) in [5.41, 5.74) is 1.20. The first-order valence-corrected chi connectivity index (χ1v) is 10.9. The van der Waals surface area contributed by atoms with Crippen molar-refractivity contribution < 1.29 is 8.42 Å². The predicted molar refractivity (Wildman–Crippen MR) is 108 cm³/mol. The normalized spacial score (nSPS) is 14.7. The third kappa shape index (κ3) is 3.62. The second-order valence-electron chi connectivity index (χ2n) is 7.58. The molecule has 11 heteroatoms. The minimum atomic E-state index is -3.91. The van der Waals surface area contributed by atoms with Gasteiger partial charge in [0.1, 0.15) is 5.82 Å². The molecule has 1 aliphatic rings. The van der Waals surface area contributed by atoms with Gasteiger partial charge < -0.3 is 9.88 Å².